The predicted octanol–water partition coefficient (Wildman–Crippen LogP) is 4.50. The van der Waals surface area contributed by atoms with Crippen molar-refractivity contribution in [2.24, 2.45) is 0 Å². The second-order valence-corrected chi connectivity index (χ2v) is 5.67. The number of methoxy groups -OCH3 is 1. The van der Waals surface area contributed by atoms with Crippen LogP contribution >= 0.6 is 0 Å². The van der Waals surface area contributed by atoms with Gasteiger partial charge in [-0.25, -0.2) is 4.98 Å². The van der Waals surface area contributed by atoms with Crippen molar-refractivity contribution in [1.82, 2.24) is 4.98 Å². The summed E-state index contributed by atoms with van der Waals surface area (Å²) in [4.78, 5) is 18.9. The highest BCUT2D eigenvalue weighted by atomic mass is 16.5. The standard InChI is InChI=1S/C21H21N3O2/c1-3-24(18-7-5-4-6-8-18)20-14-11-17(15-22-20)23-21(25)16-9-12-19(26-2)13-10-16/h4-15H,3H2,1-2H3,(H,23,25). The van der Waals surface area contributed by atoms with Crippen LogP contribution < -0.4 is 15.0 Å². The normalized spacial score (nSPS) is 10.2. The Hall–Kier alpha value is -3.34. The van der Waals surface area contributed by atoms with Gasteiger partial charge in [-0.1, -0.05) is 18.2 Å². The fourth-order valence-corrected chi connectivity index (χ4v) is 2.65. The molecule has 0 fully saturated rings. The molecule has 0 atom stereocenters. The van der Waals surface area contributed by atoms with Crippen LogP contribution in [-0.2, 0) is 0 Å². The van der Waals surface area contributed by atoms with E-state index in [0.717, 1.165) is 18.1 Å². The monoisotopic (exact) mass is 347 g/mol. The van der Waals surface area contributed by atoms with E-state index in [9.17, 15) is 4.79 Å². The van der Waals surface area contributed by atoms with Crippen molar-refractivity contribution in [3.05, 3.63) is 78.5 Å². The summed E-state index contributed by atoms with van der Waals surface area (Å²) in [6.07, 6.45) is 1.67. The third kappa shape index (κ3) is 4.00. The Morgan fingerprint density at radius 3 is 2.35 bits per heavy atom. The summed E-state index contributed by atoms with van der Waals surface area (Å²) in [7, 11) is 1.59. The maximum atomic E-state index is 12.3. The van der Waals surface area contributed by atoms with Crippen molar-refractivity contribution in [2.75, 3.05) is 23.9 Å². The number of nitrogens with one attached hydrogen (secondary N) is 1. The number of rotatable bonds is 6. The Morgan fingerprint density at radius 2 is 1.77 bits per heavy atom. The van der Waals surface area contributed by atoms with Gasteiger partial charge in [0.05, 0.1) is 19.0 Å². The van der Waals surface area contributed by atoms with Crippen LogP contribution in [0.5, 0.6) is 5.75 Å². The Balaban J connectivity index is 1.71. The highest BCUT2D eigenvalue weighted by Crippen LogP contribution is 2.24. The first-order chi connectivity index (χ1) is 12.7. The molecule has 0 radical (unpaired) electrons. The lowest BCUT2D eigenvalue weighted by atomic mass is 10.2. The van der Waals surface area contributed by atoms with Gasteiger partial charge < -0.3 is 15.0 Å². The molecule has 0 spiro atoms. The number of nitrogens with zero attached hydrogens (tertiary/aromatic N) is 2. The SMILES string of the molecule is CCN(c1ccccc1)c1ccc(NC(=O)c2ccc(OC)cc2)cn1. The summed E-state index contributed by atoms with van der Waals surface area (Å²) in [5.41, 5.74) is 2.30. The molecule has 1 amide bonds. The molecule has 26 heavy (non-hydrogen) atoms. The van der Waals surface area contributed by atoms with Crippen molar-refractivity contribution in [3.63, 3.8) is 0 Å². The second-order valence-electron chi connectivity index (χ2n) is 5.67. The number of pyridine rings is 1. The molecule has 1 heterocycles. The van der Waals surface area contributed by atoms with Crippen molar-refractivity contribution >= 4 is 23.1 Å². The number of ether oxygens (including phenoxy) is 1. The average Bonchev–Trinajstić information content (AvgIpc) is 2.70. The third-order valence-electron chi connectivity index (χ3n) is 4.02. The largest absolute Gasteiger partial charge is 0.497 e. The second kappa shape index (κ2) is 8.16. The number of hydrogen-bond donors (Lipinski definition) is 1. The van der Waals surface area contributed by atoms with Gasteiger partial charge in [-0.15, -0.1) is 0 Å². The van der Waals surface area contributed by atoms with E-state index < -0.39 is 0 Å². The van der Waals surface area contributed by atoms with Crippen LogP contribution in [0.25, 0.3) is 0 Å². The Morgan fingerprint density at radius 1 is 1.04 bits per heavy atom. The van der Waals surface area contributed by atoms with Gasteiger partial charge in [0.15, 0.2) is 0 Å². The van der Waals surface area contributed by atoms with Gasteiger partial charge in [-0.05, 0) is 55.5 Å². The summed E-state index contributed by atoms with van der Waals surface area (Å²) in [6, 6.07) is 20.8. The number of carbonyl (C=O) groups excluding carboxylic acids is 1. The molecule has 0 aliphatic rings. The van der Waals surface area contributed by atoms with E-state index in [2.05, 4.69) is 22.1 Å². The smallest absolute Gasteiger partial charge is 0.255 e. The van der Waals surface area contributed by atoms with E-state index in [1.165, 1.54) is 0 Å². The van der Waals surface area contributed by atoms with E-state index in [1.54, 1.807) is 37.6 Å². The zero-order chi connectivity index (χ0) is 18.4. The number of para-hydroxylation sites is 1. The summed E-state index contributed by atoms with van der Waals surface area (Å²) in [5, 5.41) is 2.86. The molecule has 5 nitrogen and oxygen atoms in total. The molecule has 1 aromatic heterocycles. The van der Waals surface area contributed by atoms with Gasteiger partial charge in [0.1, 0.15) is 11.6 Å². The maximum absolute atomic E-state index is 12.3. The minimum atomic E-state index is -0.183. The lowest BCUT2D eigenvalue weighted by Crippen LogP contribution is -2.17. The molecule has 0 bridgehead atoms. The summed E-state index contributed by atoms with van der Waals surface area (Å²) in [6.45, 7) is 2.88. The Bertz CT molecular complexity index is 847. The minimum Gasteiger partial charge on any atom is -0.497 e. The molecule has 0 saturated carbocycles. The van der Waals surface area contributed by atoms with Gasteiger partial charge in [-0.2, -0.15) is 0 Å². The van der Waals surface area contributed by atoms with E-state index >= 15 is 0 Å². The lowest BCUT2D eigenvalue weighted by Gasteiger charge is -2.22. The Kier molecular flexibility index (Phi) is 5.49. The van der Waals surface area contributed by atoms with Gasteiger partial charge in [0.2, 0.25) is 0 Å². The molecular formula is C21H21N3O2. The van der Waals surface area contributed by atoms with Crippen LogP contribution in [0.2, 0.25) is 0 Å². The van der Waals surface area contributed by atoms with Crippen LogP contribution in [0, 0.1) is 0 Å². The van der Waals surface area contributed by atoms with Crippen molar-refractivity contribution in [1.29, 1.82) is 0 Å². The quantitative estimate of drug-likeness (QED) is 0.713. The summed E-state index contributed by atoms with van der Waals surface area (Å²) in [5.74, 6) is 1.37. The van der Waals surface area contributed by atoms with Gasteiger partial charge in [-0.3, -0.25) is 4.79 Å². The number of aromatic nitrogens is 1. The summed E-state index contributed by atoms with van der Waals surface area (Å²) >= 11 is 0. The molecule has 2 aromatic carbocycles. The zero-order valence-corrected chi connectivity index (χ0v) is 14.8. The van der Waals surface area contributed by atoms with E-state index in [0.29, 0.717) is 17.0 Å². The number of amides is 1. The van der Waals surface area contributed by atoms with Crippen LogP contribution in [0.15, 0.2) is 72.9 Å². The molecular weight excluding hydrogens is 326 g/mol. The molecule has 5 heteroatoms. The van der Waals surface area contributed by atoms with Crippen LogP contribution in [0.3, 0.4) is 0 Å². The molecule has 0 aliphatic heterocycles. The third-order valence-corrected chi connectivity index (χ3v) is 4.02. The number of carbonyl (C=O) groups is 1. The molecule has 132 valence electrons. The molecule has 0 saturated heterocycles. The first-order valence-corrected chi connectivity index (χ1v) is 8.45. The van der Waals surface area contributed by atoms with Gasteiger partial charge in [0.25, 0.3) is 5.91 Å². The van der Waals surface area contributed by atoms with Gasteiger partial charge >= 0.3 is 0 Å². The summed E-state index contributed by atoms with van der Waals surface area (Å²) < 4.78 is 5.10. The van der Waals surface area contributed by atoms with E-state index in [-0.39, 0.29) is 5.91 Å². The highest BCUT2D eigenvalue weighted by molar-refractivity contribution is 6.04. The van der Waals surface area contributed by atoms with E-state index in [1.807, 2.05) is 42.5 Å². The zero-order valence-electron chi connectivity index (χ0n) is 14.8. The van der Waals surface area contributed by atoms with E-state index in [4.69, 9.17) is 4.74 Å². The molecule has 0 aliphatic carbocycles. The fourth-order valence-electron chi connectivity index (χ4n) is 2.65. The topological polar surface area (TPSA) is 54.5 Å². The van der Waals surface area contributed by atoms with Crippen LogP contribution in [0.1, 0.15) is 17.3 Å². The Labute approximate surface area is 153 Å². The molecule has 1 N–H and O–H groups in total. The number of benzene rings is 2. The molecule has 3 aromatic rings. The first kappa shape index (κ1) is 17.5. The van der Waals surface area contributed by atoms with Crippen molar-refractivity contribution < 1.29 is 9.53 Å². The van der Waals surface area contributed by atoms with Crippen LogP contribution in [0.4, 0.5) is 17.2 Å². The molecule has 0 unspecified atom stereocenters. The van der Waals surface area contributed by atoms with Crippen LogP contribution in [-0.4, -0.2) is 24.5 Å². The van der Waals surface area contributed by atoms with Gasteiger partial charge in [0, 0.05) is 17.8 Å². The maximum Gasteiger partial charge on any atom is 0.255 e. The highest BCUT2D eigenvalue weighted by Gasteiger charge is 2.10. The van der Waals surface area contributed by atoms with Crippen molar-refractivity contribution in [3.8, 4) is 5.75 Å². The number of hydrogen-bond acceptors (Lipinski definition) is 4. The minimum absolute atomic E-state index is 0.183. The number of anilines is 3. The lowest BCUT2D eigenvalue weighted by molar-refractivity contribution is 0.102. The fraction of sp³-hybridized carbons (Fsp3) is 0.143. The predicted molar refractivity (Wildman–Crippen MR) is 104 cm³/mol. The molecule has 3 rings (SSSR count). The first-order valence-electron chi connectivity index (χ1n) is 8.45. The average molecular weight is 347 g/mol. The van der Waals surface area contributed by atoms with Crippen molar-refractivity contribution in [2.45, 2.75) is 6.92 Å².